The third-order valence-electron chi connectivity index (χ3n) is 2.01. The summed E-state index contributed by atoms with van der Waals surface area (Å²) in [5.41, 5.74) is -0.114. The molecule has 6 nitrogen and oxygen atoms in total. The fourth-order valence-corrected chi connectivity index (χ4v) is 1.60. The van der Waals surface area contributed by atoms with Crippen LogP contribution in [-0.4, -0.2) is 36.8 Å². The second-order valence-corrected chi connectivity index (χ2v) is 8.22. The predicted molar refractivity (Wildman–Crippen MR) is 79.3 cm³/mol. The molecule has 0 aliphatic heterocycles. The third kappa shape index (κ3) is 5.34. The SMILES string of the molecule is CC(C)(C)OC(=O)n1cnc(/C=N/[S@@+]([O-])C(C)(C)C)c1. The van der Waals surface area contributed by atoms with Crippen LogP contribution in [0, 0.1) is 0 Å². The van der Waals surface area contributed by atoms with Crippen molar-refractivity contribution in [2.75, 3.05) is 0 Å². The first-order valence-electron chi connectivity index (χ1n) is 6.22. The standard InChI is InChI=1S/C13H21N3O3S/c1-12(2,3)19-11(17)16-8-10(14-9-16)7-15-20(18)13(4,5)6/h7-9H,1-6H3/b15-7+/t20-/m0/s1. The van der Waals surface area contributed by atoms with E-state index in [9.17, 15) is 9.35 Å². The van der Waals surface area contributed by atoms with Gasteiger partial charge in [-0.15, -0.1) is 0 Å². The van der Waals surface area contributed by atoms with Crippen LogP contribution < -0.4 is 0 Å². The highest BCUT2D eigenvalue weighted by Crippen LogP contribution is 2.16. The molecule has 0 fully saturated rings. The van der Waals surface area contributed by atoms with Crippen molar-refractivity contribution in [3.63, 3.8) is 0 Å². The van der Waals surface area contributed by atoms with Gasteiger partial charge in [0, 0.05) is 6.20 Å². The summed E-state index contributed by atoms with van der Waals surface area (Å²) >= 11 is -1.35. The van der Waals surface area contributed by atoms with E-state index in [-0.39, 0.29) is 0 Å². The molecule has 0 bridgehead atoms. The molecule has 7 heteroatoms. The maximum atomic E-state index is 11.8. The molecule has 0 unspecified atom stereocenters. The maximum absolute atomic E-state index is 11.8. The smallest absolute Gasteiger partial charge is 0.419 e. The van der Waals surface area contributed by atoms with Crippen LogP contribution in [-0.2, 0) is 16.1 Å². The van der Waals surface area contributed by atoms with Crippen molar-refractivity contribution >= 4 is 23.7 Å². The Morgan fingerprint density at radius 2 is 2.00 bits per heavy atom. The normalized spacial score (nSPS) is 14.6. The van der Waals surface area contributed by atoms with E-state index >= 15 is 0 Å². The first-order chi connectivity index (χ1) is 8.99. The van der Waals surface area contributed by atoms with Crippen molar-refractivity contribution in [1.82, 2.24) is 9.55 Å². The molecule has 1 heterocycles. The highest BCUT2D eigenvalue weighted by atomic mass is 32.2. The zero-order valence-corrected chi connectivity index (χ0v) is 13.5. The summed E-state index contributed by atoms with van der Waals surface area (Å²) in [6.07, 6.45) is 3.70. The summed E-state index contributed by atoms with van der Waals surface area (Å²) in [7, 11) is 0. The molecule has 0 aromatic carbocycles. The number of hydrogen-bond acceptors (Lipinski definition) is 5. The molecule has 20 heavy (non-hydrogen) atoms. The van der Waals surface area contributed by atoms with E-state index in [4.69, 9.17) is 4.74 Å². The lowest BCUT2D eigenvalue weighted by Crippen LogP contribution is -2.26. The third-order valence-corrected chi connectivity index (χ3v) is 3.36. The van der Waals surface area contributed by atoms with Gasteiger partial charge in [-0.05, 0) is 41.5 Å². The molecule has 0 saturated carbocycles. The molecule has 0 aliphatic rings. The number of rotatable bonds is 2. The van der Waals surface area contributed by atoms with Crippen LogP contribution in [0.3, 0.4) is 0 Å². The Labute approximate surface area is 122 Å². The Morgan fingerprint density at radius 1 is 1.40 bits per heavy atom. The summed E-state index contributed by atoms with van der Waals surface area (Å²) in [6.45, 7) is 10.9. The lowest BCUT2D eigenvalue weighted by molar-refractivity contribution is 0.0536. The molecule has 1 rings (SSSR count). The van der Waals surface area contributed by atoms with Gasteiger partial charge in [0.1, 0.15) is 39.9 Å². The van der Waals surface area contributed by atoms with Gasteiger partial charge >= 0.3 is 6.09 Å². The molecule has 0 saturated heterocycles. The summed E-state index contributed by atoms with van der Waals surface area (Å²) in [5.74, 6) is 0. The van der Waals surface area contributed by atoms with E-state index in [0.717, 1.165) is 0 Å². The van der Waals surface area contributed by atoms with E-state index in [1.165, 1.54) is 23.3 Å². The van der Waals surface area contributed by atoms with Crippen LogP contribution in [0.2, 0.25) is 0 Å². The number of aromatic nitrogens is 2. The van der Waals surface area contributed by atoms with Crippen LogP contribution in [0.25, 0.3) is 0 Å². The molecular formula is C13H21N3O3S. The van der Waals surface area contributed by atoms with Gasteiger partial charge in [0.15, 0.2) is 0 Å². The molecule has 0 amide bonds. The van der Waals surface area contributed by atoms with Gasteiger partial charge in [-0.1, -0.05) is 4.40 Å². The number of ether oxygens (including phenoxy) is 1. The molecule has 0 spiro atoms. The lowest BCUT2D eigenvalue weighted by atomic mass is 10.2. The molecule has 1 aromatic rings. The Hall–Kier alpha value is -1.34. The Kier molecular flexibility index (Phi) is 4.99. The summed E-state index contributed by atoms with van der Waals surface area (Å²) in [4.78, 5) is 15.8. The second-order valence-electron chi connectivity index (χ2n) is 6.28. The van der Waals surface area contributed by atoms with Crippen molar-refractivity contribution in [3.05, 3.63) is 18.2 Å². The number of nitrogens with zero attached hydrogens (tertiary/aromatic N) is 3. The van der Waals surface area contributed by atoms with Crippen LogP contribution in [0.15, 0.2) is 16.9 Å². The van der Waals surface area contributed by atoms with Gasteiger partial charge in [0.2, 0.25) is 0 Å². The minimum Gasteiger partial charge on any atom is -0.591 e. The molecule has 0 radical (unpaired) electrons. The molecule has 1 aromatic heterocycles. The average Bonchev–Trinajstić information content (AvgIpc) is 2.70. The topological polar surface area (TPSA) is 79.5 Å². The maximum Gasteiger partial charge on any atom is 0.419 e. The molecule has 0 aliphatic carbocycles. The first kappa shape index (κ1) is 16.7. The van der Waals surface area contributed by atoms with Gasteiger partial charge in [-0.25, -0.2) is 14.3 Å². The minimum atomic E-state index is -1.35. The highest BCUT2D eigenvalue weighted by molar-refractivity contribution is 7.91. The summed E-state index contributed by atoms with van der Waals surface area (Å²) in [5, 5.41) is 0. The molecule has 112 valence electrons. The largest absolute Gasteiger partial charge is 0.591 e. The van der Waals surface area contributed by atoms with Crippen LogP contribution in [0.5, 0.6) is 0 Å². The molecule has 0 N–H and O–H groups in total. The fraction of sp³-hybridized carbons (Fsp3) is 0.615. The van der Waals surface area contributed by atoms with E-state index < -0.39 is 27.8 Å². The van der Waals surface area contributed by atoms with Crippen molar-refractivity contribution in [3.8, 4) is 0 Å². The van der Waals surface area contributed by atoms with Crippen molar-refractivity contribution < 1.29 is 14.1 Å². The van der Waals surface area contributed by atoms with Gasteiger partial charge in [-0.2, -0.15) is 0 Å². The van der Waals surface area contributed by atoms with Gasteiger partial charge in [0.25, 0.3) is 0 Å². The average molecular weight is 299 g/mol. The number of hydrogen-bond donors (Lipinski definition) is 0. The van der Waals surface area contributed by atoms with Crippen molar-refractivity contribution in [2.45, 2.75) is 51.9 Å². The first-order valence-corrected chi connectivity index (χ1v) is 7.33. The van der Waals surface area contributed by atoms with E-state index in [1.807, 2.05) is 20.8 Å². The Bertz CT molecular complexity index is 498. The Balaban J connectivity index is 2.73. The predicted octanol–water partition coefficient (Wildman–Crippen LogP) is 2.55. The molecule has 1 atom stereocenters. The number of imidazole rings is 1. The minimum absolute atomic E-state index is 0.426. The van der Waals surface area contributed by atoms with Crippen molar-refractivity contribution in [2.24, 2.45) is 4.40 Å². The van der Waals surface area contributed by atoms with E-state index in [2.05, 4.69) is 9.38 Å². The Morgan fingerprint density at radius 3 is 2.50 bits per heavy atom. The quantitative estimate of drug-likeness (QED) is 0.621. The lowest BCUT2D eigenvalue weighted by Gasteiger charge is -2.19. The molecular weight excluding hydrogens is 278 g/mol. The van der Waals surface area contributed by atoms with Crippen LogP contribution in [0.1, 0.15) is 47.2 Å². The zero-order valence-electron chi connectivity index (χ0n) is 12.7. The number of carbonyl (C=O) groups is 1. The van der Waals surface area contributed by atoms with Crippen LogP contribution >= 0.6 is 0 Å². The van der Waals surface area contributed by atoms with E-state index in [0.29, 0.717) is 5.69 Å². The monoisotopic (exact) mass is 299 g/mol. The second kappa shape index (κ2) is 5.97. The fourth-order valence-electron chi connectivity index (χ4n) is 1.08. The van der Waals surface area contributed by atoms with E-state index in [1.54, 1.807) is 20.8 Å². The summed E-state index contributed by atoms with van der Waals surface area (Å²) < 4.78 is 21.7. The zero-order chi connectivity index (χ0) is 15.6. The van der Waals surface area contributed by atoms with Gasteiger partial charge < -0.3 is 9.29 Å². The van der Waals surface area contributed by atoms with Crippen molar-refractivity contribution in [1.29, 1.82) is 0 Å². The van der Waals surface area contributed by atoms with Crippen LogP contribution in [0.4, 0.5) is 4.79 Å². The van der Waals surface area contributed by atoms with Gasteiger partial charge in [0.05, 0.1) is 0 Å². The van der Waals surface area contributed by atoms with Gasteiger partial charge in [-0.3, -0.25) is 0 Å². The highest BCUT2D eigenvalue weighted by Gasteiger charge is 2.26. The summed E-state index contributed by atoms with van der Waals surface area (Å²) in [6, 6.07) is 0. The number of carbonyl (C=O) groups excluding carboxylic acids is 1.